The summed E-state index contributed by atoms with van der Waals surface area (Å²) in [4.78, 5) is 9.97. The number of carbonyl (C=O) groups is 1. The summed E-state index contributed by atoms with van der Waals surface area (Å²) in [6.07, 6.45) is 0. The van der Waals surface area contributed by atoms with E-state index in [1.54, 1.807) is 18.4 Å². The summed E-state index contributed by atoms with van der Waals surface area (Å²) < 4.78 is 4.05. The summed E-state index contributed by atoms with van der Waals surface area (Å²) in [6, 6.07) is -0.524. The molecule has 0 heterocycles. The van der Waals surface area contributed by atoms with Gasteiger partial charge in [-0.15, -0.1) is 0 Å². The minimum atomic E-state index is -0.524. The zero-order valence-electron chi connectivity index (χ0n) is 4.84. The largest absolute Gasteiger partial charge is 0.351 e. The van der Waals surface area contributed by atoms with Crippen molar-refractivity contribution in [2.24, 2.45) is 5.73 Å². The Morgan fingerprint density at radius 3 is 2.38 bits per heavy atom. The molecule has 0 aromatic carbocycles. The van der Waals surface area contributed by atoms with Crippen LogP contribution in [0.25, 0.3) is 0 Å². The van der Waals surface area contributed by atoms with Crippen LogP contribution < -0.4 is 10.5 Å². The van der Waals surface area contributed by atoms with Gasteiger partial charge in [-0.25, -0.2) is 9.10 Å². The number of nitrogens with two attached hydrogens (primary N) is 1. The van der Waals surface area contributed by atoms with Crippen LogP contribution in [0.5, 0.6) is 0 Å². The zero-order chi connectivity index (χ0) is 6.57. The zero-order valence-corrected chi connectivity index (χ0v) is 5.66. The van der Waals surface area contributed by atoms with Crippen molar-refractivity contribution in [3.63, 3.8) is 0 Å². The summed E-state index contributed by atoms with van der Waals surface area (Å²) in [7, 11) is 3.61. The first-order valence-corrected chi connectivity index (χ1v) is 2.80. The molecule has 0 fully saturated rings. The van der Waals surface area contributed by atoms with E-state index in [1.807, 2.05) is 0 Å². The number of rotatable bonds is 2. The molecule has 0 unspecified atom stereocenters. The highest BCUT2D eigenvalue weighted by atomic mass is 32.2. The molecular weight excluding hydrogens is 126 g/mol. The molecule has 2 amide bonds. The summed E-state index contributed by atoms with van der Waals surface area (Å²) in [5, 5.41) is 0. The Labute approximate surface area is 52.7 Å². The fraction of sp³-hybridized carbons (Fsp3) is 0.667. The highest BCUT2D eigenvalue weighted by molar-refractivity contribution is 7.95. The van der Waals surface area contributed by atoms with E-state index in [0.717, 1.165) is 12.1 Å². The standard InChI is InChI=1S/C3H9N3OS/c1-6(2)8-5-3(4)7/h1-2H3,(H3,4,5,7). The second-order valence-electron chi connectivity index (χ2n) is 1.37. The fourth-order valence-electron chi connectivity index (χ4n) is 0.136. The lowest BCUT2D eigenvalue weighted by atomic mass is 11.2. The maximum Gasteiger partial charge on any atom is 0.323 e. The number of nitrogens with zero attached hydrogens (tertiary/aromatic N) is 1. The Kier molecular flexibility index (Phi) is 3.38. The van der Waals surface area contributed by atoms with Gasteiger partial charge in [0.25, 0.3) is 0 Å². The van der Waals surface area contributed by atoms with E-state index >= 15 is 0 Å². The number of nitrogens with one attached hydrogen (secondary N) is 1. The number of carbonyl (C=O) groups excluding carboxylic acids is 1. The van der Waals surface area contributed by atoms with Crippen molar-refractivity contribution in [1.29, 1.82) is 0 Å². The molecule has 0 saturated carbocycles. The van der Waals surface area contributed by atoms with E-state index in [9.17, 15) is 4.79 Å². The third-order valence-electron chi connectivity index (χ3n) is 0.329. The second kappa shape index (κ2) is 3.57. The van der Waals surface area contributed by atoms with Crippen LogP contribution in [0.4, 0.5) is 4.79 Å². The SMILES string of the molecule is CN(C)SNC(N)=O. The van der Waals surface area contributed by atoms with Crippen LogP contribution in [0.15, 0.2) is 0 Å². The molecular formula is C3H9N3OS. The van der Waals surface area contributed by atoms with Crippen molar-refractivity contribution < 1.29 is 4.79 Å². The molecule has 0 atom stereocenters. The minimum absolute atomic E-state index is 0.524. The highest BCUT2D eigenvalue weighted by Crippen LogP contribution is 1.93. The van der Waals surface area contributed by atoms with Crippen LogP contribution in [0, 0.1) is 0 Å². The molecule has 0 bridgehead atoms. The van der Waals surface area contributed by atoms with Gasteiger partial charge in [-0.1, -0.05) is 0 Å². The van der Waals surface area contributed by atoms with Crippen molar-refractivity contribution in [1.82, 2.24) is 9.03 Å². The lowest BCUT2D eigenvalue weighted by molar-refractivity contribution is 0.254. The molecule has 48 valence electrons. The van der Waals surface area contributed by atoms with Crippen molar-refractivity contribution >= 4 is 18.2 Å². The van der Waals surface area contributed by atoms with Gasteiger partial charge in [-0.2, -0.15) is 0 Å². The molecule has 0 radical (unpaired) electrons. The number of hydrogen-bond acceptors (Lipinski definition) is 3. The van der Waals surface area contributed by atoms with E-state index in [4.69, 9.17) is 5.73 Å². The van der Waals surface area contributed by atoms with Crippen LogP contribution >= 0.6 is 12.1 Å². The summed E-state index contributed by atoms with van der Waals surface area (Å²) in [5.41, 5.74) is 4.74. The van der Waals surface area contributed by atoms with Gasteiger partial charge in [-0.05, 0) is 14.1 Å². The van der Waals surface area contributed by atoms with Crippen LogP contribution in [0.1, 0.15) is 0 Å². The van der Waals surface area contributed by atoms with E-state index in [2.05, 4.69) is 4.72 Å². The maximum absolute atomic E-state index is 9.97. The molecule has 0 aliphatic carbocycles. The van der Waals surface area contributed by atoms with Gasteiger partial charge in [-0.3, -0.25) is 4.72 Å². The Hall–Kier alpha value is -0.420. The maximum atomic E-state index is 9.97. The van der Waals surface area contributed by atoms with Gasteiger partial charge in [0.2, 0.25) is 0 Å². The van der Waals surface area contributed by atoms with Crippen molar-refractivity contribution in [2.75, 3.05) is 14.1 Å². The average Bonchev–Trinajstić information content (AvgIpc) is 1.61. The second-order valence-corrected chi connectivity index (χ2v) is 2.49. The quantitative estimate of drug-likeness (QED) is 0.515. The number of primary amides is 1. The summed E-state index contributed by atoms with van der Waals surface area (Å²) in [6.45, 7) is 0. The predicted octanol–water partition coefficient (Wildman–Crippen LogP) is -0.220. The third-order valence-corrected chi connectivity index (χ3v) is 0.986. The Morgan fingerprint density at radius 2 is 2.25 bits per heavy atom. The van der Waals surface area contributed by atoms with Crippen LogP contribution in [-0.4, -0.2) is 24.4 Å². The first-order valence-electron chi connectivity index (χ1n) is 2.02. The molecule has 8 heavy (non-hydrogen) atoms. The highest BCUT2D eigenvalue weighted by Gasteiger charge is 1.91. The smallest absolute Gasteiger partial charge is 0.323 e. The first-order chi connectivity index (χ1) is 3.63. The normalized spacial score (nSPS) is 9.38. The minimum Gasteiger partial charge on any atom is -0.351 e. The molecule has 0 saturated heterocycles. The monoisotopic (exact) mass is 135 g/mol. The molecule has 5 heteroatoms. The van der Waals surface area contributed by atoms with Crippen LogP contribution in [0.3, 0.4) is 0 Å². The van der Waals surface area contributed by atoms with Gasteiger partial charge in [0.15, 0.2) is 0 Å². The first kappa shape index (κ1) is 7.58. The summed E-state index contributed by atoms with van der Waals surface area (Å²) in [5.74, 6) is 0. The lowest BCUT2D eigenvalue weighted by Crippen LogP contribution is -2.26. The molecule has 0 aliphatic rings. The van der Waals surface area contributed by atoms with E-state index in [-0.39, 0.29) is 0 Å². The molecule has 0 rings (SSSR count). The van der Waals surface area contributed by atoms with Gasteiger partial charge in [0.05, 0.1) is 0 Å². The molecule has 0 aliphatic heterocycles. The Balaban J connectivity index is 3.05. The van der Waals surface area contributed by atoms with Crippen LogP contribution in [-0.2, 0) is 0 Å². The van der Waals surface area contributed by atoms with E-state index in [0.29, 0.717) is 0 Å². The Morgan fingerprint density at radius 1 is 1.75 bits per heavy atom. The van der Waals surface area contributed by atoms with Crippen LogP contribution in [0.2, 0.25) is 0 Å². The number of urea groups is 1. The number of amides is 2. The molecule has 0 aromatic heterocycles. The van der Waals surface area contributed by atoms with Gasteiger partial charge in [0, 0.05) is 12.1 Å². The lowest BCUT2D eigenvalue weighted by Gasteiger charge is -2.05. The number of hydrogen-bond donors (Lipinski definition) is 2. The van der Waals surface area contributed by atoms with Crippen molar-refractivity contribution in [3.8, 4) is 0 Å². The predicted molar refractivity (Wildman–Crippen MR) is 34.0 cm³/mol. The summed E-state index contributed by atoms with van der Waals surface area (Å²) >= 11 is 1.15. The fourth-order valence-corrected chi connectivity index (χ4v) is 0.409. The van der Waals surface area contributed by atoms with Gasteiger partial charge in [0.1, 0.15) is 0 Å². The van der Waals surface area contributed by atoms with Crippen molar-refractivity contribution in [2.45, 2.75) is 0 Å². The topological polar surface area (TPSA) is 58.4 Å². The third kappa shape index (κ3) is 5.58. The molecule has 4 nitrogen and oxygen atoms in total. The van der Waals surface area contributed by atoms with Crippen molar-refractivity contribution in [3.05, 3.63) is 0 Å². The average molecular weight is 135 g/mol. The van der Waals surface area contributed by atoms with E-state index in [1.165, 1.54) is 0 Å². The van der Waals surface area contributed by atoms with Gasteiger partial charge < -0.3 is 5.73 Å². The molecule has 3 N–H and O–H groups in total. The van der Waals surface area contributed by atoms with Gasteiger partial charge >= 0.3 is 6.03 Å². The Bertz CT molecular complexity index is 84.6. The molecule has 0 spiro atoms. The van der Waals surface area contributed by atoms with E-state index < -0.39 is 6.03 Å². The molecule has 0 aromatic rings.